The van der Waals surface area contributed by atoms with E-state index in [0.717, 1.165) is 37.4 Å². The van der Waals surface area contributed by atoms with Crippen molar-refractivity contribution in [1.82, 2.24) is 10.6 Å². The van der Waals surface area contributed by atoms with Gasteiger partial charge in [0.25, 0.3) is 0 Å². The molecule has 0 radical (unpaired) electrons. The van der Waals surface area contributed by atoms with Crippen molar-refractivity contribution in [1.29, 1.82) is 0 Å². The molecule has 0 saturated heterocycles. The van der Waals surface area contributed by atoms with Gasteiger partial charge in [-0.25, -0.2) is 4.39 Å². The Hall–Kier alpha value is -1.66. The molecule has 0 fully saturated rings. The van der Waals surface area contributed by atoms with Crippen molar-refractivity contribution in [3.8, 4) is 5.75 Å². The molecule has 6 heteroatoms. The molecule has 3 N–H and O–H groups in total. The lowest BCUT2D eigenvalue weighted by Gasteiger charge is -2.09. The summed E-state index contributed by atoms with van der Waals surface area (Å²) >= 11 is 5.99. The van der Waals surface area contributed by atoms with Crippen LogP contribution in [0.4, 0.5) is 4.39 Å². The monoisotopic (exact) mass is 366 g/mol. The molecular formula is C19H24ClFN2O2. The van der Waals surface area contributed by atoms with Crippen LogP contribution in [0.15, 0.2) is 42.5 Å². The van der Waals surface area contributed by atoms with Gasteiger partial charge in [-0.15, -0.1) is 0 Å². The molecule has 25 heavy (non-hydrogen) atoms. The molecule has 0 unspecified atom stereocenters. The molecule has 0 aliphatic heterocycles. The van der Waals surface area contributed by atoms with Crippen molar-refractivity contribution in [2.75, 3.05) is 26.2 Å². The maximum absolute atomic E-state index is 13.0. The molecule has 0 atom stereocenters. The molecule has 0 heterocycles. The third-order valence-electron chi connectivity index (χ3n) is 3.66. The Morgan fingerprint density at radius 1 is 1.00 bits per heavy atom. The SMILES string of the molecule is OCCNCCCNCc1ccc(OCc2ccc(F)cc2Cl)cc1. The molecule has 136 valence electrons. The minimum atomic E-state index is -0.352. The minimum absolute atomic E-state index is 0.176. The zero-order chi connectivity index (χ0) is 17.9. The van der Waals surface area contributed by atoms with Crippen LogP contribution in [0.5, 0.6) is 5.75 Å². The largest absolute Gasteiger partial charge is 0.489 e. The quantitative estimate of drug-likeness (QED) is 0.535. The van der Waals surface area contributed by atoms with Crippen LogP contribution in [-0.4, -0.2) is 31.3 Å². The first kappa shape index (κ1) is 19.7. The molecule has 2 aromatic carbocycles. The number of ether oxygens (including phenoxy) is 1. The molecule has 0 aromatic heterocycles. The van der Waals surface area contributed by atoms with Gasteiger partial charge in [-0.3, -0.25) is 0 Å². The van der Waals surface area contributed by atoms with E-state index in [-0.39, 0.29) is 12.4 Å². The first-order valence-electron chi connectivity index (χ1n) is 8.37. The van der Waals surface area contributed by atoms with Gasteiger partial charge in [0.1, 0.15) is 18.2 Å². The molecule has 0 spiro atoms. The molecule has 0 amide bonds. The number of rotatable bonds is 11. The Bertz CT molecular complexity index is 638. The lowest BCUT2D eigenvalue weighted by Crippen LogP contribution is -2.23. The van der Waals surface area contributed by atoms with E-state index >= 15 is 0 Å². The van der Waals surface area contributed by atoms with E-state index in [1.54, 1.807) is 6.07 Å². The van der Waals surface area contributed by atoms with E-state index in [0.29, 0.717) is 18.2 Å². The van der Waals surface area contributed by atoms with Crippen LogP contribution in [0.2, 0.25) is 5.02 Å². The highest BCUT2D eigenvalue weighted by atomic mass is 35.5. The van der Waals surface area contributed by atoms with E-state index in [1.807, 2.05) is 24.3 Å². The van der Waals surface area contributed by atoms with Crippen LogP contribution >= 0.6 is 11.6 Å². The van der Waals surface area contributed by atoms with Crippen LogP contribution in [0.1, 0.15) is 17.5 Å². The lowest BCUT2D eigenvalue weighted by atomic mass is 10.2. The maximum atomic E-state index is 13.0. The fraction of sp³-hybridized carbons (Fsp3) is 0.368. The normalized spacial score (nSPS) is 10.8. The second-order valence-corrected chi connectivity index (χ2v) is 6.08. The van der Waals surface area contributed by atoms with E-state index in [4.69, 9.17) is 21.4 Å². The van der Waals surface area contributed by atoms with Gasteiger partial charge in [-0.2, -0.15) is 0 Å². The molecule has 4 nitrogen and oxygen atoms in total. The van der Waals surface area contributed by atoms with E-state index < -0.39 is 0 Å². The zero-order valence-electron chi connectivity index (χ0n) is 14.1. The van der Waals surface area contributed by atoms with Crippen molar-refractivity contribution in [3.05, 3.63) is 64.4 Å². The average molecular weight is 367 g/mol. The number of hydrogen-bond donors (Lipinski definition) is 3. The van der Waals surface area contributed by atoms with Crippen molar-refractivity contribution >= 4 is 11.6 Å². The van der Waals surface area contributed by atoms with Gasteiger partial charge in [0.15, 0.2) is 0 Å². The number of hydrogen-bond acceptors (Lipinski definition) is 4. The smallest absolute Gasteiger partial charge is 0.124 e. The summed E-state index contributed by atoms with van der Waals surface area (Å²) in [6.07, 6.45) is 1.01. The third-order valence-corrected chi connectivity index (χ3v) is 4.01. The molecule has 0 saturated carbocycles. The average Bonchev–Trinajstić information content (AvgIpc) is 2.61. The first-order chi connectivity index (χ1) is 12.2. The van der Waals surface area contributed by atoms with Gasteiger partial charge in [0.2, 0.25) is 0 Å². The summed E-state index contributed by atoms with van der Waals surface area (Å²) in [5.41, 5.74) is 1.93. The summed E-state index contributed by atoms with van der Waals surface area (Å²) in [6.45, 7) is 3.73. The summed E-state index contributed by atoms with van der Waals surface area (Å²) < 4.78 is 18.7. The standard InChI is InChI=1S/C19H24ClFN2O2/c20-19-12-17(21)5-4-16(19)14-25-18-6-2-15(3-7-18)13-23-9-1-8-22-10-11-24/h2-7,12,22-24H,1,8-11,13-14H2. The number of nitrogens with one attached hydrogen (secondary N) is 2. The van der Waals surface area contributed by atoms with Crippen molar-refractivity contribution < 1.29 is 14.2 Å². The highest BCUT2D eigenvalue weighted by Crippen LogP contribution is 2.20. The van der Waals surface area contributed by atoms with E-state index in [2.05, 4.69) is 10.6 Å². The van der Waals surface area contributed by atoms with Gasteiger partial charge in [0, 0.05) is 18.7 Å². The Labute approximate surface area is 153 Å². The van der Waals surface area contributed by atoms with Gasteiger partial charge in [-0.05, 0) is 49.3 Å². The Kier molecular flexibility index (Phi) is 8.69. The van der Waals surface area contributed by atoms with Crippen LogP contribution in [0.3, 0.4) is 0 Å². The molecule has 0 aliphatic rings. The number of benzene rings is 2. The van der Waals surface area contributed by atoms with Gasteiger partial charge in [-0.1, -0.05) is 29.8 Å². The fourth-order valence-corrected chi connectivity index (χ4v) is 2.50. The fourth-order valence-electron chi connectivity index (χ4n) is 2.28. The molecule has 0 aliphatic carbocycles. The lowest BCUT2D eigenvalue weighted by molar-refractivity contribution is 0.292. The molecule has 2 aromatic rings. The maximum Gasteiger partial charge on any atom is 0.124 e. The molecular weight excluding hydrogens is 343 g/mol. The van der Waals surface area contributed by atoms with E-state index in [9.17, 15) is 4.39 Å². The molecule has 2 rings (SSSR count). The van der Waals surface area contributed by atoms with Crippen LogP contribution in [-0.2, 0) is 13.2 Å². The van der Waals surface area contributed by atoms with Crippen molar-refractivity contribution in [3.63, 3.8) is 0 Å². The van der Waals surface area contributed by atoms with Crippen LogP contribution in [0.25, 0.3) is 0 Å². The number of halogens is 2. The third kappa shape index (κ3) is 7.40. The summed E-state index contributed by atoms with van der Waals surface area (Å²) in [5.74, 6) is 0.395. The zero-order valence-corrected chi connectivity index (χ0v) is 14.9. The topological polar surface area (TPSA) is 53.5 Å². The van der Waals surface area contributed by atoms with Gasteiger partial charge >= 0.3 is 0 Å². The van der Waals surface area contributed by atoms with Crippen LogP contribution < -0.4 is 15.4 Å². The van der Waals surface area contributed by atoms with Crippen molar-refractivity contribution in [2.45, 2.75) is 19.6 Å². The number of aliphatic hydroxyl groups is 1. The van der Waals surface area contributed by atoms with Crippen molar-refractivity contribution in [2.24, 2.45) is 0 Å². The Morgan fingerprint density at radius 2 is 1.76 bits per heavy atom. The van der Waals surface area contributed by atoms with Gasteiger partial charge < -0.3 is 20.5 Å². The highest BCUT2D eigenvalue weighted by molar-refractivity contribution is 6.31. The highest BCUT2D eigenvalue weighted by Gasteiger charge is 2.03. The minimum Gasteiger partial charge on any atom is -0.489 e. The summed E-state index contributed by atoms with van der Waals surface area (Å²) in [5, 5.41) is 15.5. The first-order valence-corrected chi connectivity index (χ1v) is 8.75. The Balaban J connectivity index is 1.69. The predicted octanol–water partition coefficient (Wildman–Crippen LogP) is 3.12. The molecule has 0 bridgehead atoms. The van der Waals surface area contributed by atoms with E-state index in [1.165, 1.54) is 17.7 Å². The van der Waals surface area contributed by atoms with Crippen LogP contribution in [0, 0.1) is 5.82 Å². The predicted molar refractivity (Wildman–Crippen MR) is 98.5 cm³/mol. The van der Waals surface area contributed by atoms with Gasteiger partial charge in [0.05, 0.1) is 11.6 Å². The summed E-state index contributed by atoms with van der Waals surface area (Å²) in [4.78, 5) is 0. The Morgan fingerprint density at radius 3 is 2.48 bits per heavy atom. The summed E-state index contributed by atoms with van der Waals surface area (Å²) in [6, 6.07) is 12.1. The second kappa shape index (κ2) is 11.1. The summed E-state index contributed by atoms with van der Waals surface area (Å²) in [7, 11) is 0. The number of aliphatic hydroxyl groups excluding tert-OH is 1. The second-order valence-electron chi connectivity index (χ2n) is 5.67.